The van der Waals surface area contributed by atoms with Crippen LogP contribution in [0.4, 0.5) is 0 Å². The largest absolute Gasteiger partial charge is 0.385 e. The molecule has 1 saturated heterocycles. The summed E-state index contributed by atoms with van der Waals surface area (Å²) in [5.74, 6) is 0.117. The number of piperidine rings is 1. The number of nitrogens with zero attached hydrogens (tertiary/aromatic N) is 2. The maximum Gasteiger partial charge on any atom is 0.220 e. The van der Waals surface area contributed by atoms with Crippen molar-refractivity contribution >= 4 is 5.91 Å². The van der Waals surface area contributed by atoms with E-state index in [1.54, 1.807) is 13.3 Å². The van der Waals surface area contributed by atoms with Crippen LogP contribution < -0.4 is 10.6 Å². The van der Waals surface area contributed by atoms with Gasteiger partial charge in [0.25, 0.3) is 0 Å². The van der Waals surface area contributed by atoms with Gasteiger partial charge in [-0.05, 0) is 32.8 Å². The minimum Gasteiger partial charge on any atom is -0.385 e. The number of aromatic nitrogens is 2. The smallest absolute Gasteiger partial charge is 0.220 e. The second-order valence-electron chi connectivity index (χ2n) is 5.61. The Labute approximate surface area is 126 Å². The predicted molar refractivity (Wildman–Crippen MR) is 80.9 cm³/mol. The molecule has 2 N–H and O–H groups in total. The zero-order valence-corrected chi connectivity index (χ0v) is 13.1. The van der Waals surface area contributed by atoms with Crippen LogP contribution in [0.5, 0.6) is 0 Å². The third-order valence-corrected chi connectivity index (χ3v) is 4.02. The minimum atomic E-state index is -0.0151. The van der Waals surface area contributed by atoms with Gasteiger partial charge >= 0.3 is 0 Å². The van der Waals surface area contributed by atoms with Crippen molar-refractivity contribution in [3.8, 4) is 0 Å². The van der Waals surface area contributed by atoms with Gasteiger partial charge in [0.05, 0.1) is 11.7 Å². The number of carbonyl (C=O) groups excluding carboxylic acids is 1. The van der Waals surface area contributed by atoms with Crippen molar-refractivity contribution in [3.05, 3.63) is 18.0 Å². The summed E-state index contributed by atoms with van der Waals surface area (Å²) in [6, 6.07) is 2.56. The molecule has 1 aromatic heterocycles. The van der Waals surface area contributed by atoms with Crippen molar-refractivity contribution in [1.29, 1.82) is 0 Å². The van der Waals surface area contributed by atoms with Crippen molar-refractivity contribution in [2.45, 2.75) is 57.8 Å². The van der Waals surface area contributed by atoms with E-state index in [2.05, 4.69) is 29.6 Å². The summed E-state index contributed by atoms with van der Waals surface area (Å²) >= 11 is 0. The van der Waals surface area contributed by atoms with Crippen LogP contribution in [0.1, 0.15) is 44.8 Å². The van der Waals surface area contributed by atoms with Gasteiger partial charge in [0.15, 0.2) is 0 Å². The second kappa shape index (κ2) is 7.56. The first-order valence-electron chi connectivity index (χ1n) is 7.71. The molecule has 0 aliphatic carbocycles. The highest BCUT2D eigenvalue weighted by Crippen LogP contribution is 2.24. The molecule has 0 aromatic carbocycles. The quantitative estimate of drug-likeness (QED) is 0.794. The van der Waals surface area contributed by atoms with E-state index in [1.807, 2.05) is 10.7 Å². The monoisotopic (exact) mass is 294 g/mol. The lowest BCUT2D eigenvalue weighted by atomic mass is 9.94. The number of nitrogens with one attached hydrogen (secondary N) is 2. The first-order valence-corrected chi connectivity index (χ1v) is 7.71. The number of carbonyl (C=O) groups is 1. The molecule has 6 nitrogen and oxygen atoms in total. The van der Waals surface area contributed by atoms with Crippen molar-refractivity contribution < 1.29 is 9.53 Å². The van der Waals surface area contributed by atoms with Gasteiger partial charge in [-0.25, -0.2) is 0 Å². The van der Waals surface area contributed by atoms with Crippen LogP contribution in [0, 0.1) is 0 Å². The fourth-order valence-corrected chi connectivity index (χ4v) is 2.87. The average molecular weight is 294 g/mol. The zero-order valence-electron chi connectivity index (χ0n) is 13.1. The highest BCUT2D eigenvalue weighted by molar-refractivity contribution is 5.77. The molecule has 1 aliphatic rings. The Morgan fingerprint density at radius 1 is 1.62 bits per heavy atom. The van der Waals surface area contributed by atoms with Gasteiger partial charge in [-0.15, -0.1) is 0 Å². The number of ether oxygens (including phenoxy) is 1. The van der Waals surface area contributed by atoms with Crippen LogP contribution in [-0.4, -0.2) is 41.5 Å². The Morgan fingerprint density at radius 2 is 2.43 bits per heavy atom. The van der Waals surface area contributed by atoms with Crippen LogP contribution >= 0.6 is 0 Å². The number of aryl methyl sites for hydroxylation is 1. The molecule has 0 spiro atoms. The third-order valence-electron chi connectivity index (χ3n) is 4.02. The highest BCUT2D eigenvalue weighted by atomic mass is 16.5. The van der Waals surface area contributed by atoms with Crippen LogP contribution in [0.2, 0.25) is 0 Å². The van der Waals surface area contributed by atoms with Crippen molar-refractivity contribution in [3.63, 3.8) is 0 Å². The van der Waals surface area contributed by atoms with E-state index in [-0.39, 0.29) is 18.0 Å². The Balaban J connectivity index is 2.08. The van der Waals surface area contributed by atoms with Gasteiger partial charge in [-0.2, -0.15) is 5.10 Å². The summed E-state index contributed by atoms with van der Waals surface area (Å²) in [6.45, 7) is 5.76. The molecule has 2 rings (SSSR count). The Kier molecular flexibility index (Phi) is 5.76. The van der Waals surface area contributed by atoms with Gasteiger partial charge in [-0.3, -0.25) is 9.48 Å². The molecule has 1 aliphatic heterocycles. The number of hydrogen-bond acceptors (Lipinski definition) is 4. The van der Waals surface area contributed by atoms with Gasteiger partial charge in [0, 0.05) is 45.0 Å². The molecule has 1 fully saturated rings. The summed E-state index contributed by atoms with van der Waals surface area (Å²) in [7, 11) is 1.72. The molecular formula is C15H26N4O2. The maximum absolute atomic E-state index is 11.8. The van der Waals surface area contributed by atoms with Gasteiger partial charge < -0.3 is 15.4 Å². The Morgan fingerprint density at radius 3 is 3.14 bits per heavy atom. The van der Waals surface area contributed by atoms with Gasteiger partial charge in [-0.1, -0.05) is 0 Å². The molecule has 3 unspecified atom stereocenters. The number of amides is 1. The van der Waals surface area contributed by atoms with Crippen molar-refractivity contribution in [2.24, 2.45) is 0 Å². The minimum absolute atomic E-state index is 0.0151. The van der Waals surface area contributed by atoms with Crippen molar-refractivity contribution in [1.82, 2.24) is 20.4 Å². The molecule has 6 heteroatoms. The third kappa shape index (κ3) is 4.04. The molecule has 3 atom stereocenters. The lowest BCUT2D eigenvalue weighted by Gasteiger charge is -2.35. The molecular weight excluding hydrogens is 268 g/mol. The van der Waals surface area contributed by atoms with E-state index in [4.69, 9.17) is 4.74 Å². The number of methoxy groups -OCH3 is 1. The van der Waals surface area contributed by atoms with E-state index < -0.39 is 0 Å². The van der Waals surface area contributed by atoms with Crippen LogP contribution in [0.25, 0.3) is 0 Å². The predicted octanol–water partition coefficient (Wildman–Crippen LogP) is 1.24. The zero-order chi connectivity index (χ0) is 15.2. The first-order chi connectivity index (χ1) is 10.2. The fourth-order valence-electron chi connectivity index (χ4n) is 2.87. The summed E-state index contributed by atoms with van der Waals surface area (Å²) in [5.41, 5.74) is 1.07. The van der Waals surface area contributed by atoms with Gasteiger partial charge in [0.1, 0.15) is 0 Å². The highest BCUT2D eigenvalue weighted by Gasteiger charge is 2.32. The summed E-state index contributed by atoms with van der Waals surface area (Å²) in [5, 5.41) is 11.1. The van der Waals surface area contributed by atoms with E-state index in [1.165, 1.54) is 0 Å². The molecule has 1 amide bonds. The fraction of sp³-hybridized carbons (Fsp3) is 0.733. The lowest BCUT2D eigenvalue weighted by Crippen LogP contribution is -2.51. The first kappa shape index (κ1) is 16.0. The molecule has 2 heterocycles. The van der Waals surface area contributed by atoms with Crippen LogP contribution in [0.3, 0.4) is 0 Å². The van der Waals surface area contributed by atoms with Crippen molar-refractivity contribution in [2.75, 3.05) is 13.7 Å². The SMILES string of the molecule is CCn1nccc1C1NC(=O)CCC1NC(C)CCOC. The summed E-state index contributed by atoms with van der Waals surface area (Å²) in [6.07, 6.45) is 4.18. The standard InChI is InChI=1S/C15H26N4O2/c1-4-19-13(7-9-16-19)15-12(5-6-14(20)18-15)17-11(2)8-10-21-3/h7,9,11-12,15,17H,4-6,8,10H2,1-3H3,(H,18,20). The molecule has 1 aromatic rings. The van der Waals surface area contributed by atoms with Crippen LogP contribution in [-0.2, 0) is 16.1 Å². The lowest BCUT2D eigenvalue weighted by molar-refractivity contribution is -0.124. The Hall–Kier alpha value is -1.40. The molecule has 0 saturated carbocycles. The molecule has 0 bridgehead atoms. The van der Waals surface area contributed by atoms with E-state index >= 15 is 0 Å². The number of hydrogen-bond donors (Lipinski definition) is 2. The molecule has 21 heavy (non-hydrogen) atoms. The molecule has 0 radical (unpaired) electrons. The van der Waals surface area contributed by atoms with E-state index in [0.717, 1.165) is 31.7 Å². The summed E-state index contributed by atoms with van der Waals surface area (Å²) in [4.78, 5) is 11.8. The second-order valence-corrected chi connectivity index (χ2v) is 5.61. The maximum atomic E-state index is 11.8. The number of rotatable bonds is 7. The Bertz CT molecular complexity index is 460. The average Bonchev–Trinajstić information content (AvgIpc) is 2.95. The summed E-state index contributed by atoms with van der Waals surface area (Å²) < 4.78 is 7.08. The normalized spacial score (nSPS) is 23.9. The van der Waals surface area contributed by atoms with Gasteiger partial charge in [0.2, 0.25) is 5.91 Å². The molecule has 118 valence electrons. The topological polar surface area (TPSA) is 68.2 Å². The van der Waals surface area contributed by atoms with Crippen LogP contribution in [0.15, 0.2) is 12.3 Å². The van der Waals surface area contributed by atoms with E-state index in [0.29, 0.717) is 12.5 Å². The van der Waals surface area contributed by atoms with E-state index in [9.17, 15) is 4.79 Å².